The van der Waals surface area contributed by atoms with Crippen molar-refractivity contribution in [2.75, 3.05) is 0 Å². The molecule has 0 aliphatic rings. The number of hydrogen-bond donors (Lipinski definition) is 1. The predicted octanol–water partition coefficient (Wildman–Crippen LogP) is 4.84. The molecule has 4 nitrogen and oxygen atoms in total. The van der Waals surface area contributed by atoms with Crippen LogP contribution in [0.3, 0.4) is 0 Å². The van der Waals surface area contributed by atoms with E-state index in [0.29, 0.717) is 11.1 Å². The van der Waals surface area contributed by atoms with Gasteiger partial charge in [0.25, 0.3) is 0 Å². The molecule has 0 saturated carbocycles. The zero-order valence-corrected chi connectivity index (χ0v) is 17.9. The molecule has 0 aliphatic heterocycles. The molecule has 1 N–H and O–H groups in total. The van der Waals surface area contributed by atoms with Gasteiger partial charge in [-0.15, -0.1) is 0 Å². The fraction of sp³-hybridized carbons (Fsp3) is 0. The number of rotatable bonds is 5. The van der Waals surface area contributed by atoms with Crippen LogP contribution in [0.1, 0.15) is 15.9 Å². The number of ketones is 1. The third kappa shape index (κ3) is 4.41. The van der Waals surface area contributed by atoms with Gasteiger partial charge in [-0.1, -0.05) is 30.3 Å². The van der Waals surface area contributed by atoms with E-state index in [4.69, 9.17) is 0 Å². The van der Waals surface area contributed by atoms with Gasteiger partial charge in [0.2, 0.25) is 11.4 Å². The minimum absolute atomic E-state index is 0.0242. The van der Waals surface area contributed by atoms with Gasteiger partial charge in [-0.05, 0) is 35.4 Å². The third-order valence-electron chi connectivity index (χ3n) is 5.60. The highest BCUT2D eigenvalue weighted by Crippen LogP contribution is 2.18. The number of aromatic hydroxyl groups is 1. The summed E-state index contributed by atoms with van der Waals surface area (Å²) in [7, 11) is 0. The summed E-state index contributed by atoms with van der Waals surface area (Å²) in [5.74, 6) is 0.280. The Morgan fingerprint density at radius 1 is 0.515 bits per heavy atom. The van der Waals surface area contributed by atoms with Gasteiger partial charge in [-0.25, -0.2) is 0 Å². The van der Waals surface area contributed by atoms with Crippen LogP contribution in [0, 0.1) is 0 Å². The SMILES string of the molecule is O=C(c1ccccc1)c1ccc(-[n+]2ccc(-c3cc[n+](-c4ccc(O)cc4)cc3)cc2)cc1. The molecule has 0 radical (unpaired) electrons. The van der Waals surface area contributed by atoms with Gasteiger partial charge in [0, 0.05) is 59.7 Å². The summed E-state index contributed by atoms with van der Waals surface area (Å²) in [5.41, 5.74) is 5.56. The maximum Gasteiger partial charge on any atom is 0.210 e. The second-order valence-electron chi connectivity index (χ2n) is 7.75. The molecule has 0 fully saturated rings. The minimum atomic E-state index is 0.0242. The smallest absolute Gasteiger partial charge is 0.210 e. The fourth-order valence-electron chi connectivity index (χ4n) is 3.75. The first-order valence-corrected chi connectivity index (χ1v) is 10.7. The lowest BCUT2D eigenvalue weighted by molar-refractivity contribution is -0.596. The summed E-state index contributed by atoms with van der Waals surface area (Å²) >= 11 is 0. The van der Waals surface area contributed by atoms with Crippen LogP contribution in [0.5, 0.6) is 5.75 Å². The van der Waals surface area contributed by atoms with Crippen LogP contribution < -0.4 is 9.13 Å². The fourth-order valence-corrected chi connectivity index (χ4v) is 3.75. The molecule has 5 rings (SSSR count). The highest BCUT2D eigenvalue weighted by atomic mass is 16.3. The molecule has 0 amide bonds. The average Bonchev–Trinajstić information content (AvgIpc) is 2.90. The van der Waals surface area contributed by atoms with Crippen molar-refractivity contribution in [3.8, 4) is 28.3 Å². The monoisotopic (exact) mass is 430 g/mol. The topological polar surface area (TPSA) is 45.1 Å². The van der Waals surface area contributed by atoms with Gasteiger partial charge in [0.1, 0.15) is 5.75 Å². The number of phenols is 1. The summed E-state index contributed by atoms with van der Waals surface area (Å²) in [5, 5.41) is 9.46. The number of benzene rings is 3. The second kappa shape index (κ2) is 8.89. The maximum absolute atomic E-state index is 12.6. The van der Waals surface area contributed by atoms with Gasteiger partial charge in [-0.2, -0.15) is 9.13 Å². The number of hydrogen-bond acceptors (Lipinski definition) is 2. The standard InChI is InChI=1S/C29H21N2O2/c32-28-12-10-27(11-13-28)31-20-16-23(17-21-31)22-14-18-30(19-15-22)26-8-6-25(7-9-26)29(33)24-4-2-1-3-5-24/h1-21H/q+1/p+1. The predicted molar refractivity (Wildman–Crippen MR) is 126 cm³/mol. The number of carbonyl (C=O) groups is 1. The Morgan fingerprint density at radius 2 is 0.939 bits per heavy atom. The van der Waals surface area contributed by atoms with Crippen molar-refractivity contribution in [2.24, 2.45) is 0 Å². The van der Waals surface area contributed by atoms with Crippen molar-refractivity contribution < 1.29 is 19.0 Å². The van der Waals surface area contributed by atoms with E-state index in [1.807, 2.05) is 101 Å². The van der Waals surface area contributed by atoms with Gasteiger partial charge >= 0.3 is 0 Å². The molecule has 5 aromatic rings. The van der Waals surface area contributed by atoms with Crippen molar-refractivity contribution in [1.29, 1.82) is 0 Å². The molecule has 0 unspecified atom stereocenters. The Hall–Kier alpha value is -4.57. The van der Waals surface area contributed by atoms with E-state index < -0.39 is 0 Å². The summed E-state index contributed by atoms with van der Waals surface area (Å²) in [6.07, 6.45) is 8.05. The molecule has 0 aliphatic carbocycles. The Balaban J connectivity index is 1.32. The third-order valence-corrected chi connectivity index (χ3v) is 5.60. The van der Waals surface area contributed by atoms with E-state index >= 15 is 0 Å². The summed E-state index contributed by atoms with van der Waals surface area (Å²) in [6.45, 7) is 0. The van der Waals surface area contributed by atoms with Crippen LogP contribution in [0.25, 0.3) is 22.5 Å². The van der Waals surface area contributed by atoms with E-state index in [-0.39, 0.29) is 11.5 Å². The van der Waals surface area contributed by atoms with E-state index in [2.05, 4.69) is 24.3 Å². The Kier molecular flexibility index (Phi) is 5.48. The van der Waals surface area contributed by atoms with Crippen LogP contribution >= 0.6 is 0 Å². The zero-order chi connectivity index (χ0) is 22.6. The quantitative estimate of drug-likeness (QED) is 0.320. The van der Waals surface area contributed by atoms with Crippen molar-refractivity contribution in [1.82, 2.24) is 0 Å². The van der Waals surface area contributed by atoms with Crippen LogP contribution in [0.2, 0.25) is 0 Å². The van der Waals surface area contributed by atoms with Gasteiger partial charge in [0.15, 0.2) is 30.6 Å². The normalized spacial score (nSPS) is 10.7. The van der Waals surface area contributed by atoms with Gasteiger partial charge in [0.05, 0.1) is 0 Å². The van der Waals surface area contributed by atoms with Crippen LogP contribution in [-0.2, 0) is 0 Å². The number of pyridine rings is 2. The van der Waals surface area contributed by atoms with Gasteiger partial charge < -0.3 is 5.11 Å². The first-order chi connectivity index (χ1) is 16.2. The Labute approximate surface area is 192 Å². The lowest BCUT2D eigenvalue weighted by Gasteiger charge is -2.03. The van der Waals surface area contributed by atoms with Crippen LogP contribution in [0.4, 0.5) is 0 Å². The molecule has 4 heteroatoms. The van der Waals surface area contributed by atoms with Crippen molar-refractivity contribution in [3.05, 3.63) is 139 Å². The largest absolute Gasteiger partial charge is 0.508 e. The molecule has 3 aromatic carbocycles. The second-order valence-corrected chi connectivity index (χ2v) is 7.75. The molecule has 0 atom stereocenters. The number of aromatic nitrogens is 2. The van der Waals surface area contributed by atoms with E-state index in [1.54, 1.807) is 12.1 Å². The Morgan fingerprint density at radius 3 is 1.42 bits per heavy atom. The molecule has 0 bridgehead atoms. The molecule has 0 spiro atoms. The van der Waals surface area contributed by atoms with E-state index in [0.717, 1.165) is 22.5 Å². The molecule has 0 saturated heterocycles. The molecule has 33 heavy (non-hydrogen) atoms. The lowest BCUT2D eigenvalue weighted by Crippen LogP contribution is -2.29. The van der Waals surface area contributed by atoms with Crippen LogP contribution in [-0.4, -0.2) is 10.9 Å². The van der Waals surface area contributed by atoms with Crippen molar-refractivity contribution >= 4 is 5.78 Å². The first kappa shape index (κ1) is 20.3. The first-order valence-electron chi connectivity index (χ1n) is 10.7. The minimum Gasteiger partial charge on any atom is -0.508 e. The molecular formula is C29H22N2O2+2. The van der Waals surface area contributed by atoms with Gasteiger partial charge in [-0.3, -0.25) is 4.79 Å². The van der Waals surface area contributed by atoms with Crippen molar-refractivity contribution in [3.63, 3.8) is 0 Å². The highest BCUT2D eigenvalue weighted by molar-refractivity contribution is 6.08. The highest BCUT2D eigenvalue weighted by Gasteiger charge is 2.12. The molecular weight excluding hydrogens is 408 g/mol. The molecule has 2 aromatic heterocycles. The van der Waals surface area contributed by atoms with Crippen molar-refractivity contribution in [2.45, 2.75) is 0 Å². The average molecular weight is 431 g/mol. The summed E-state index contributed by atoms with van der Waals surface area (Å²) < 4.78 is 4.03. The van der Waals surface area contributed by atoms with E-state index in [9.17, 15) is 9.90 Å². The lowest BCUT2D eigenvalue weighted by atomic mass is 10.0. The summed E-state index contributed by atoms with van der Waals surface area (Å²) in [6, 6.07) is 32.3. The maximum atomic E-state index is 12.6. The molecule has 2 heterocycles. The molecule has 158 valence electrons. The number of phenolic OH excluding ortho intramolecular Hbond substituents is 1. The summed E-state index contributed by atoms with van der Waals surface area (Å²) in [4.78, 5) is 12.6. The zero-order valence-electron chi connectivity index (χ0n) is 17.9. The van der Waals surface area contributed by atoms with E-state index in [1.165, 1.54) is 0 Å². The number of nitrogens with zero attached hydrogens (tertiary/aromatic N) is 2. The number of carbonyl (C=O) groups excluding carboxylic acids is 1. The Bertz CT molecular complexity index is 1380. The van der Waals surface area contributed by atoms with Crippen LogP contribution in [0.15, 0.2) is 128 Å².